The van der Waals surface area contributed by atoms with Gasteiger partial charge in [0.15, 0.2) is 0 Å². The molecule has 0 N–H and O–H groups in total. The van der Waals surface area contributed by atoms with Crippen molar-refractivity contribution in [2.45, 2.75) is 0 Å². The molecule has 0 spiro atoms. The summed E-state index contributed by atoms with van der Waals surface area (Å²) in [4.78, 5) is 3.87. The van der Waals surface area contributed by atoms with Crippen LogP contribution in [-0.2, 0) is 11.3 Å². The molecular weight excluding hydrogens is 212 g/mol. The number of nitrogens with zero attached hydrogens (tertiary/aromatic N) is 2. The third-order valence-electron chi connectivity index (χ3n) is 1.63. The van der Waals surface area contributed by atoms with Crippen molar-refractivity contribution < 1.29 is 8.76 Å². The minimum Gasteiger partial charge on any atom is -0.755 e. The van der Waals surface area contributed by atoms with Gasteiger partial charge in [0.2, 0.25) is 5.28 Å². The summed E-state index contributed by atoms with van der Waals surface area (Å²) in [6.45, 7) is 0. The highest BCUT2D eigenvalue weighted by atomic mass is 35.5. The van der Waals surface area contributed by atoms with Crippen LogP contribution in [0.15, 0.2) is 24.3 Å². The van der Waals surface area contributed by atoms with Crippen molar-refractivity contribution in [3.05, 3.63) is 29.5 Å². The number of hydrogen-bond acceptors (Lipinski definition) is 3. The number of imidazole rings is 1. The number of halogens is 1. The SMILES string of the molecule is O=S([O-])n1c(Cl)nc2ccccc21. The number of benzene rings is 1. The standard InChI is InChI=1S/C7H5ClN2O2S/c8-7-9-5-3-1-2-4-6(5)10(7)13(11)12/h1-4H,(H,11,12)/p-1. The second-order valence-electron chi connectivity index (χ2n) is 2.38. The minimum absolute atomic E-state index is 0.0467. The summed E-state index contributed by atoms with van der Waals surface area (Å²) < 4.78 is 22.4. The predicted molar refractivity (Wildman–Crippen MR) is 49.1 cm³/mol. The summed E-state index contributed by atoms with van der Waals surface area (Å²) in [7, 11) is 0. The van der Waals surface area contributed by atoms with Gasteiger partial charge in [0.1, 0.15) is 0 Å². The molecule has 1 aromatic heterocycles. The van der Waals surface area contributed by atoms with Crippen molar-refractivity contribution in [3.8, 4) is 0 Å². The van der Waals surface area contributed by atoms with E-state index in [1.54, 1.807) is 24.3 Å². The van der Waals surface area contributed by atoms with Crippen LogP contribution in [-0.4, -0.2) is 17.7 Å². The van der Waals surface area contributed by atoms with Crippen molar-refractivity contribution in [2.75, 3.05) is 0 Å². The molecule has 0 amide bonds. The lowest BCUT2D eigenvalue weighted by Gasteiger charge is -2.06. The van der Waals surface area contributed by atoms with E-state index in [-0.39, 0.29) is 5.28 Å². The van der Waals surface area contributed by atoms with Gasteiger partial charge in [-0.1, -0.05) is 12.1 Å². The van der Waals surface area contributed by atoms with E-state index in [9.17, 15) is 8.76 Å². The van der Waals surface area contributed by atoms with Gasteiger partial charge in [-0.05, 0) is 23.7 Å². The molecule has 1 heterocycles. The summed E-state index contributed by atoms with van der Waals surface area (Å²) in [6.07, 6.45) is 0. The molecule has 0 radical (unpaired) electrons. The highest BCUT2D eigenvalue weighted by Crippen LogP contribution is 2.19. The zero-order chi connectivity index (χ0) is 9.42. The molecule has 13 heavy (non-hydrogen) atoms. The maximum absolute atomic E-state index is 10.7. The predicted octanol–water partition coefficient (Wildman–Crippen LogP) is 1.33. The third-order valence-corrected chi connectivity index (χ3v) is 2.65. The van der Waals surface area contributed by atoms with Gasteiger partial charge in [0.05, 0.1) is 22.3 Å². The second kappa shape index (κ2) is 3.10. The van der Waals surface area contributed by atoms with Gasteiger partial charge < -0.3 is 4.55 Å². The molecule has 0 aliphatic carbocycles. The molecule has 2 aromatic rings. The summed E-state index contributed by atoms with van der Waals surface area (Å²) in [5, 5.41) is -0.0467. The number of rotatable bonds is 1. The summed E-state index contributed by atoms with van der Waals surface area (Å²) in [6, 6.07) is 6.84. The smallest absolute Gasteiger partial charge is 0.215 e. The normalized spacial score (nSPS) is 13.4. The van der Waals surface area contributed by atoms with Crippen molar-refractivity contribution in [3.63, 3.8) is 0 Å². The summed E-state index contributed by atoms with van der Waals surface area (Å²) >= 11 is 3.21. The van der Waals surface area contributed by atoms with Gasteiger partial charge in [-0.15, -0.1) is 0 Å². The average Bonchev–Trinajstić information content (AvgIpc) is 2.39. The molecule has 1 aromatic carbocycles. The molecule has 0 aliphatic heterocycles. The Hall–Kier alpha value is -0.910. The first-order chi connectivity index (χ1) is 6.20. The fourth-order valence-electron chi connectivity index (χ4n) is 1.12. The minimum atomic E-state index is -2.41. The Morgan fingerprint density at radius 2 is 2.15 bits per heavy atom. The van der Waals surface area contributed by atoms with Crippen LogP contribution in [0.4, 0.5) is 0 Å². The Morgan fingerprint density at radius 3 is 2.85 bits per heavy atom. The third kappa shape index (κ3) is 1.35. The zero-order valence-corrected chi connectivity index (χ0v) is 7.88. The topological polar surface area (TPSA) is 57.9 Å². The zero-order valence-electron chi connectivity index (χ0n) is 6.31. The van der Waals surface area contributed by atoms with Crippen LogP contribution in [0.2, 0.25) is 5.28 Å². The second-order valence-corrected chi connectivity index (χ2v) is 3.52. The number of hydrogen-bond donors (Lipinski definition) is 0. The van der Waals surface area contributed by atoms with Gasteiger partial charge in [0.25, 0.3) is 0 Å². The van der Waals surface area contributed by atoms with Crippen LogP contribution in [0.25, 0.3) is 11.0 Å². The van der Waals surface area contributed by atoms with Crippen LogP contribution >= 0.6 is 11.6 Å². The van der Waals surface area contributed by atoms with Crippen LogP contribution in [0.5, 0.6) is 0 Å². The van der Waals surface area contributed by atoms with Gasteiger partial charge in [-0.2, -0.15) is 0 Å². The van der Waals surface area contributed by atoms with Crippen molar-refractivity contribution in [2.24, 2.45) is 0 Å². The molecule has 68 valence electrons. The maximum atomic E-state index is 10.7. The Labute approximate surface area is 81.6 Å². The Morgan fingerprint density at radius 1 is 1.46 bits per heavy atom. The Kier molecular flexibility index (Phi) is 2.07. The van der Waals surface area contributed by atoms with E-state index in [4.69, 9.17) is 11.6 Å². The van der Waals surface area contributed by atoms with Crippen LogP contribution < -0.4 is 0 Å². The van der Waals surface area contributed by atoms with Crippen LogP contribution in [0.3, 0.4) is 0 Å². The molecule has 4 nitrogen and oxygen atoms in total. The van der Waals surface area contributed by atoms with Gasteiger partial charge in [-0.3, -0.25) is 4.21 Å². The lowest BCUT2D eigenvalue weighted by atomic mass is 10.3. The molecular formula is C7H4ClN2O2S-. The van der Waals surface area contributed by atoms with Gasteiger partial charge >= 0.3 is 0 Å². The van der Waals surface area contributed by atoms with Gasteiger partial charge in [0, 0.05) is 0 Å². The lowest BCUT2D eigenvalue weighted by molar-refractivity contribution is 0.529. The Bertz CT molecular complexity index is 482. The lowest BCUT2D eigenvalue weighted by Crippen LogP contribution is -2.02. The van der Waals surface area contributed by atoms with Crippen molar-refractivity contribution in [1.29, 1.82) is 0 Å². The molecule has 0 saturated heterocycles. The molecule has 1 atom stereocenters. The first kappa shape index (κ1) is 8.68. The largest absolute Gasteiger partial charge is 0.755 e. The monoisotopic (exact) mass is 215 g/mol. The fourth-order valence-corrected chi connectivity index (χ4v) is 1.95. The van der Waals surface area contributed by atoms with Crippen molar-refractivity contribution in [1.82, 2.24) is 8.96 Å². The number of fused-ring (bicyclic) bond motifs is 1. The van der Waals surface area contributed by atoms with E-state index in [0.29, 0.717) is 11.0 Å². The fraction of sp³-hybridized carbons (Fsp3) is 0. The molecule has 0 fully saturated rings. The molecule has 0 saturated carbocycles. The molecule has 1 unspecified atom stereocenters. The number of para-hydroxylation sites is 2. The van der Waals surface area contributed by atoms with E-state index in [1.807, 2.05) is 0 Å². The van der Waals surface area contributed by atoms with E-state index in [1.165, 1.54) is 0 Å². The highest BCUT2D eigenvalue weighted by molar-refractivity contribution is 7.77. The maximum Gasteiger partial charge on any atom is 0.215 e. The summed E-state index contributed by atoms with van der Waals surface area (Å²) in [5.41, 5.74) is 1.05. The first-order valence-electron chi connectivity index (χ1n) is 3.43. The van der Waals surface area contributed by atoms with E-state index >= 15 is 0 Å². The van der Waals surface area contributed by atoms with Crippen molar-refractivity contribution >= 4 is 33.9 Å². The quantitative estimate of drug-likeness (QED) is 0.675. The number of aromatic nitrogens is 2. The molecule has 0 aliphatic rings. The highest BCUT2D eigenvalue weighted by Gasteiger charge is 2.07. The van der Waals surface area contributed by atoms with E-state index < -0.39 is 11.3 Å². The Balaban J connectivity index is 2.86. The van der Waals surface area contributed by atoms with Crippen LogP contribution in [0, 0.1) is 0 Å². The molecule has 6 heteroatoms. The first-order valence-corrected chi connectivity index (χ1v) is 4.84. The molecule has 0 bridgehead atoms. The van der Waals surface area contributed by atoms with E-state index in [0.717, 1.165) is 3.97 Å². The molecule has 2 rings (SSSR count). The van der Waals surface area contributed by atoms with Crippen LogP contribution in [0.1, 0.15) is 0 Å². The summed E-state index contributed by atoms with van der Waals surface area (Å²) in [5.74, 6) is 0. The average molecular weight is 216 g/mol. The van der Waals surface area contributed by atoms with Gasteiger partial charge in [-0.25, -0.2) is 8.96 Å². The van der Waals surface area contributed by atoms with E-state index in [2.05, 4.69) is 4.98 Å².